The van der Waals surface area contributed by atoms with Gasteiger partial charge in [-0.15, -0.1) is 11.3 Å². The van der Waals surface area contributed by atoms with Crippen molar-refractivity contribution in [3.63, 3.8) is 0 Å². The lowest BCUT2D eigenvalue weighted by Crippen LogP contribution is -2.01. The van der Waals surface area contributed by atoms with Gasteiger partial charge in [0, 0.05) is 27.7 Å². The lowest BCUT2D eigenvalue weighted by atomic mass is 10.2. The van der Waals surface area contributed by atoms with Crippen LogP contribution in [-0.4, -0.2) is 4.98 Å². The van der Waals surface area contributed by atoms with Crippen LogP contribution in [0.5, 0.6) is 0 Å². The molecule has 0 saturated carbocycles. The third kappa shape index (κ3) is 2.37. The van der Waals surface area contributed by atoms with Crippen LogP contribution in [0.2, 0.25) is 5.02 Å². The van der Waals surface area contributed by atoms with Gasteiger partial charge in [0.2, 0.25) is 0 Å². The first-order chi connectivity index (χ1) is 7.16. The highest BCUT2D eigenvalue weighted by atomic mass is 35.5. The van der Waals surface area contributed by atoms with E-state index in [1.165, 1.54) is 0 Å². The minimum Gasteiger partial charge on any atom is -0.323 e. The third-order valence-electron chi connectivity index (χ3n) is 2.06. The topological polar surface area (TPSA) is 38.9 Å². The molecule has 0 fully saturated rings. The van der Waals surface area contributed by atoms with Gasteiger partial charge in [-0.05, 0) is 19.1 Å². The van der Waals surface area contributed by atoms with Crippen LogP contribution in [0.4, 0.5) is 0 Å². The number of hydrogen-bond donors (Lipinski definition) is 1. The molecule has 0 aliphatic rings. The van der Waals surface area contributed by atoms with Crippen molar-refractivity contribution in [1.82, 2.24) is 4.98 Å². The quantitative estimate of drug-likeness (QED) is 0.870. The zero-order valence-corrected chi connectivity index (χ0v) is 9.85. The van der Waals surface area contributed by atoms with E-state index in [1.807, 2.05) is 37.4 Å². The lowest BCUT2D eigenvalue weighted by Gasteiger charge is -1.98. The number of aromatic nitrogens is 1. The molecule has 4 heteroatoms. The monoisotopic (exact) mass is 238 g/mol. The van der Waals surface area contributed by atoms with Gasteiger partial charge in [0.25, 0.3) is 0 Å². The summed E-state index contributed by atoms with van der Waals surface area (Å²) in [5.41, 5.74) is 6.86. The zero-order chi connectivity index (χ0) is 10.8. The first-order valence-corrected chi connectivity index (χ1v) is 5.83. The van der Waals surface area contributed by atoms with Gasteiger partial charge in [-0.2, -0.15) is 0 Å². The molecule has 0 amide bonds. The van der Waals surface area contributed by atoms with Gasteiger partial charge in [-0.3, -0.25) is 0 Å². The Kier molecular flexibility index (Phi) is 3.05. The molecular weight excluding hydrogens is 228 g/mol. The normalized spacial score (nSPS) is 12.7. The minimum absolute atomic E-state index is 0.0450. The molecule has 1 aromatic heterocycles. The Morgan fingerprint density at radius 3 is 2.53 bits per heavy atom. The second-order valence-corrected chi connectivity index (χ2v) is 4.86. The number of benzene rings is 1. The van der Waals surface area contributed by atoms with Crippen molar-refractivity contribution >= 4 is 22.9 Å². The largest absolute Gasteiger partial charge is 0.323 e. The van der Waals surface area contributed by atoms with E-state index in [1.54, 1.807) is 11.3 Å². The summed E-state index contributed by atoms with van der Waals surface area (Å²) >= 11 is 7.44. The maximum Gasteiger partial charge on any atom is 0.123 e. The van der Waals surface area contributed by atoms with E-state index >= 15 is 0 Å². The van der Waals surface area contributed by atoms with Crippen molar-refractivity contribution < 1.29 is 0 Å². The maximum absolute atomic E-state index is 5.82. The van der Waals surface area contributed by atoms with Crippen LogP contribution in [0.1, 0.15) is 17.8 Å². The first-order valence-electron chi connectivity index (χ1n) is 4.64. The van der Waals surface area contributed by atoms with Crippen LogP contribution in [0, 0.1) is 0 Å². The van der Waals surface area contributed by atoms with Crippen molar-refractivity contribution in [3.8, 4) is 10.6 Å². The summed E-state index contributed by atoms with van der Waals surface area (Å²) in [6.45, 7) is 1.96. The summed E-state index contributed by atoms with van der Waals surface area (Å²) in [5.74, 6) is 0. The van der Waals surface area contributed by atoms with Crippen molar-refractivity contribution in [1.29, 1.82) is 0 Å². The van der Waals surface area contributed by atoms with Gasteiger partial charge < -0.3 is 5.73 Å². The van der Waals surface area contributed by atoms with E-state index in [4.69, 9.17) is 17.3 Å². The second kappa shape index (κ2) is 4.31. The summed E-state index contributed by atoms with van der Waals surface area (Å²) in [6.07, 6.45) is 1.83. The number of rotatable bonds is 2. The van der Waals surface area contributed by atoms with Crippen LogP contribution in [0.15, 0.2) is 30.5 Å². The van der Waals surface area contributed by atoms with Crippen LogP contribution < -0.4 is 5.73 Å². The highest BCUT2D eigenvalue weighted by Gasteiger charge is 2.07. The molecule has 2 aromatic rings. The number of halogens is 1. The molecule has 0 aliphatic heterocycles. The van der Waals surface area contributed by atoms with Crippen molar-refractivity contribution in [2.45, 2.75) is 13.0 Å². The van der Waals surface area contributed by atoms with Crippen molar-refractivity contribution in [2.75, 3.05) is 0 Å². The molecule has 0 saturated heterocycles. The highest BCUT2D eigenvalue weighted by molar-refractivity contribution is 7.15. The summed E-state index contributed by atoms with van der Waals surface area (Å²) in [5, 5.41) is 1.72. The SMILES string of the molecule is C[C@H](N)c1cnc(-c2ccc(Cl)cc2)s1. The van der Waals surface area contributed by atoms with Gasteiger partial charge in [0.05, 0.1) is 0 Å². The molecule has 1 atom stereocenters. The molecule has 0 radical (unpaired) electrons. The molecule has 1 aromatic carbocycles. The van der Waals surface area contributed by atoms with Crippen molar-refractivity contribution in [3.05, 3.63) is 40.4 Å². The molecule has 0 unspecified atom stereocenters. The molecule has 2 N–H and O–H groups in total. The molecular formula is C11H11ClN2S. The van der Waals surface area contributed by atoms with Crippen LogP contribution in [-0.2, 0) is 0 Å². The average molecular weight is 239 g/mol. The fourth-order valence-electron chi connectivity index (χ4n) is 1.22. The van der Waals surface area contributed by atoms with Crippen LogP contribution in [0.25, 0.3) is 10.6 Å². The van der Waals surface area contributed by atoms with Gasteiger partial charge in [0.15, 0.2) is 0 Å². The number of thiazole rings is 1. The molecule has 0 spiro atoms. The summed E-state index contributed by atoms with van der Waals surface area (Å²) < 4.78 is 0. The number of hydrogen-bond acceptors (Lipinski definition) is 3. The molecule has 2 rings (SSSR count). The van der Waals surface area contributed by atoms with Crippen molar-refractivity contribution in [2.24, 2.45) is 5.73 Å². The smallest absolute Gasteiger partial charge is 0.123 e. The maximum atomic E-state index is 5.82. The van der Waals surface area contributed by atoms with E-state index in [0.29, 0.717) is 0 Å². The predicted molar refractivity (Wildman–Crippen MR) is 65.2 cm³/mol. The Labute approximate surface area is 97.7 Å². The molecule has 15 heavy (non-hydrogen) atoms. The minimum atomic E-state index is 0.0450. The number of nitrogens with zero attached hydrogens (tertiary/aromatic N) is 1. The Bertz CT molecular complexity index is 448. The second-order valence-electron chi connectivity index (χ2n) is 3.36. The van der Waals surface area contributed by atoms with E-state index < -0.39 is 0 Å². The fourth-order valence-corrected chi connectivity index (χ4v) is 2.22. The molecule has 1 heterocycles. The van der Waals surface area contributed by atoms with Crippen LogP contribution in [0.3, 0.4) is 0 Å². The molecule has 0 bridgehead atoms. The van der Waals surface area contributed by atoms with E-state index in [-0.39, 0.29) is 6.04 Å². The van der Waals surface area contributed by atoms with Gasteiger partial charge in [0.1, 0.15) is 5.01 Å². The number of nitrogens with two attached hydrogens (primary N) is 1. The highest BCUT2D eigenvalue weighted by Crippen LogP contribution is 2.28. The molecule has 0 aliphatic carbocycles. The molecule has 2 nitrogen and oxygen atoms in total. The Morgan fingerprint density at radius 2 is 2.00 bits per heavy atom. The standard InChI is InChI=1S/C11H11ClN2S/c1-7(13)10-6-14-11(15-10)8-2-4-9(12)5-3-8/h2-7H,13H2,1H3/t7-/m0/s1. The van der Waals surface area contributed by atoms with E-state index in [9.17, 15) is 0 Å². The van der Waals surface area contributed by atoms with Gasteiger partial charge in [-0.25, -0.2) is 4.98 Å². The molecule has 78 valence electrons. The Balaban J connectivity index is 2.33. The summed E-state index contributed by atoms with van der Waals surface area (Å²) in [7, 11) is 0. The van der Waals surface area contributed by atoms with E-state index in [0.717, 1.165) is 20.5 Å². The first kappa shape index (κ1) is 10.6. The fraction of sp³-hybridized carbons (Fsp3) is 0.182. The van der Waals surface area contributed by atoms with Crippen LogP contribution >= 0.6 is 22.9 Å². The Hall–Kier alpha value is -0.900. The predicted octanol–water partition coefficient (Wildman–Crippen LogP) is 3.48. The lowest BCUT2D eigenvalue weighted by molar-refractivity contribution is 0.835. The van der Waals surface area contributed by atoms with E-state index in [2.05, 4.69) is 4.98 Å². The Morgan fingerprint density at radius 1 is 1.33 bits per heavy atom. The average Bonchev–Trinajstić information content (AvgIpc) is 2.68. The summed E-state index contributed by atoms with van der Waals surface area (Å²) in [6, 6.07) is 7.70. The zero-order valence-electron chi connectivity index (χ0n) is 8.27. The van der Waals surface area contributed by atoms with Gasteiger partial charge in [-0.1, -0.05) is 23.7 Å². The van der Waals surface area contributed by atoms with Gasteiger partial charge >= 0.3 is 0 Å². The third-order valence-corrected chi connectivity index (χ3v) is 3.56. The summed E-state index contributed by atoms with van der Waals surface area (Å²) in [4.78, 5) is 5.43.